The van der Waals surface area contributed by atoms with Crippen LogP contribution >= 0.6 is 0 Å². The predicted octanol–water partition coefficient (Wildman–Crippen LogP) is 3.78. The Kier molecular flexibility index (Phi) is 4.61. The van der Waals surface area contributed by atoms with Gasteiger partial charge in [-0.3, -0.25) is 4.98 Å². The normalized spacial score (nSPS) is 10.3. The highest BCUT2D eigenvalue weighted by atomic mass is 16.5. The highest BCUT2D eigenvalue weighted by Crippen LogP contribution is 2.20. The second kappa shape index (κ2) is 7.00. The lowest BCUT2D eigenvalue weighted by Crippen LogP contribution is -2.12. The third-order valence-corrected chi connectivity index (χ3v) is 3.75. The third-order valence-electron chi connectivity index (χ3n) is 3.75. The van der Waals surface area contributed by atoms with Crippen molar-refractivity contribution in [3.05, 3.63) is 66.5 Å². The van der Waals surface area contributed by atoms with E-state index in [1.807, 2.05) is 37.4 Å². The van der Waals surface area contributed by atoms with Crippen LogP contribution in [-0.4, -0.2) is 28.0 Å². The largest absolute Gasteiger partial charge is 0.451 e. The van der Waals surface area contributed by atoms with E-state index in [0.717, 1.165) is 16.6 Å². The predicted molar refractivity (Wildman–Crippen MR) is 98.4 cm³/mol. The number of hydrogen-bond donors (Lipinski definition) is 1. The first-order valence-corrected chi connectivity index (χ1v) is 7.73. The van der Waals surface area contributed by atoms with Crippen molar-refractivity contribution in [2.75, 3.05) is 12.8 Å². The molecule has 2 heterocycles. The van der Waals surface area contributed by atoms with Gasteiger partial charge in [-0.05, 0) is 37.3 Å². The smallest absolute Gasteiger partial charge is 0.434 e. The summed E-state index contributed by atoms with van der Waals surface area (Å²) in [6, 6.07) is 17.4. The molecule has 0 spiro atoms. The Hall–Kier alpha value is -3.41. The molecule has 2 aromatic heterocycles. The number of hydrogen-bond acceptors (Lipinski definition) is 5. The molecule has 0 unspecified atom stereocenters. The number of aromatic nitrogens is 3. The number of methoxy groups -OCH3 is 1. The van der Waals surface area contributed by atoms with Gasteiger partial charge in [0.1, 0.15) is 0 Å². The molecule has 0 saturated carbocycles. The molecular weight excluding hydrogens is 316 g/mol. The molecule has 0 amide bonds. The average Bonchev–Trinajstić information content (AvgIpc) is 2.98. The fourth-order valence-corrected chi connectivity index (χ4v) is 2.53. The van der Waals surface area contributed by atoms with E-state index in [-0.39, 0.29) is 0 Å². The molecule has 0 atom stereocenters. The summed E-state index contributed by atoms with van der Waals surface area (Å²) in [6.07, 6.45) is 1.31. The van der Waals surface area contributed by atoms with Crippen LogP contribution in [0, 0.1) is 6.92 Å². The zero-order chi connectivity index (χ0) is 17.8. The van der Waals surface area contributed by atoms with Gasteiger partial charge in [-0.25, -0.2) is 4.79 Å². The number of nitrogens with zero attached hydrogens (tertiary/aromatic N) is 3. The number of para-hydroxylation sites is 1. The number of benzene rings is 2. The number of nitrogen functional groups attached to an aromatic ring is 1. The zero-order valence-electron chi connectivity index (χ0n) is 14.0. The van der Waals surface area contributed by atoms with Crippen LogP contribution < -0.4 is 5.73 Å². The molecule has 6 heteroatoms. The lowest BCUT2D eigenvalue weighted by atomic mass is 10.2. The molecule has 2 aromatic carbocycles. The standard InChI is InChI=1S/C10H11N3O2.C9H7N/c1-6-8-5-7(11)3-4-9(8)13(12-6)10(14)15-2;1-2-6-9-8(4-1)5-3-7-10-9/h3-5H,11H2,1-2H3;1-7H. The number of carbonyl (C=O) groups excluding carboxylic acids is 1. The summed E-state index contributed by atoms with van der Waals surface area (Å²) < 4.78 is 5.84. The van der Waals surface area contributed by atoms with Crippen molar-refractivity contribution in [1.29, 1.82) is 0 Å². The number of aryl methyl sites for hydroxylation is 1. The third kappa shape index (κ3) is 3.42. The van der Waals surface area contributed by atoms with Crippen molar-refractivity contribution in [3.63, 3.8) is 0 Å². The minimum atomic E-state index is -0.502. The van der Waals surface area contributed by atoms with Gasteiger partial charge in [-0.1, -0.05) is 24.3 Å². The van der Waals surface area contributed by atoms with Gasteiger partial charge >= 0.3 is 6.09 Å². The molecule has 0 radical (unpaired) electrons. The van der Waals surface area contributed by atoms with Crippen molar-refractivity contribution in [2.45, 2.75) is 6.92 Å². The second-order valence-corrected chi connectivity index (χ2v) is 5.44. The zero-order valence-corrected chi connectivity index (χ0v) is 14.0. The lowest BCUT2D eigenvalue weighted by Gasteiger charge is -1.99. The Bertz CT molecular complexity index is 975. The molecule has 6 nitrogen and oxygen atoms in total. The average molecular weight is 334 g/mol. The Morgan fingerprint density at radius 3 is 2.64 bits per heavy atom. The number of carbonyl (C=O) groups is 1. The van der Waals surface area contributed by atoms with Crippen LogP contribution in [0.2, 0.25) is 0 Å². The summed E-state index contributed by atoms with van der Waals surface area (Å²) >= 11 is 0. The maximum absolute atomic E-state index is 11.4. The van der Waals surface area contributed by atoms with Gasteiger partial charge < -0.3 is 10.5 Å². The van der Waals surface area contributed by atoms with Crippen LogP contribution in [0.25, 0.3) is 21.8 Å². The van der Waals surface area contributed by atoms with Crippen molar-refractivity contribution in [3.8, 4) is 0 Å². The molecule has 4 aromatic rings. The van der Waals surface area contributed by atoms with Gasteiger partial charge in [0.15, 0.2) is 0 Å². The number of pyridine rings is 1. The summed E-state index contributed by atoms with van der Waals surface area (Å²) in [4.78, 5) is 15.6. The highest BCUT2D eigenvalue weighted by molar-refractivity contribution is 5.91. The minimum absolute atomic E-state index is 0.502. The van der Waals surface area contributed by atoms with Gasteiger partial charge in [0.25, 0.3) is 0 Å². The summed E-state index contributed by atoms with van der Waals surface area (Å²) in [5.74, 6) is 0. The number of rotatable bonds is 0. The summed E-state index contributed by atoms with van der Waals surface area (Å²) in [5, 5.41) is 6.15. The molecular formula is C19H18N4O2. The Balaban J connectivity index is 0.000000157. The van der Waals surface area contributed by atoms with Crippen LogP contribution in [-0.2, 0) is 4.74 Å². The monoisotopic (exact) mass is 334 g/mol. The van der Waals surface area contributed by atoms with Crippen LogP contribution in [0.3, 0.4) is 0 Å². The van der Waals surface area contributed by atoms with E-state index in [1.165, 1.54) is 17.2 Å². The summed E-state index contributed by atoms with van der Waals surface area (Å²) in [6.45, 7) is 1.82. The quantitative estimate of drug-likeness (QED) is 0.495. The molecule has 0 saturated heterocycles. The van der Waals surface area contributed by atoms with E-state index in [1.54, 1.807) is 18.2 Å². The fourth-order valence-electron chi connectivity index (χ4n) is 2.53. The minimum Gasteiger partial charge on any atom is -0.451 e. The van der Waals surface area contributed by atoms with Gasteiger partial charge in [-0.2, -0.15) is 9.78 Å². The highest BCUT2D eigenvalue weighted by Gasteiger charge is 2.13. The summed E-state index contributed by atoms with van der Waals surface area (Å²) in [7, 11) is 1.32. The van der Waals surface area contributed by atoms with E-state index >= 15 is 0 Å². The van der Waals surface area contributed by atoms with Gasteiger partial charge in [0, 0.05) is 22.7 Å². The molecule has 25 heavy (non-hydrogen) atoms. The first-order valence-electron chi connectivity index (χ1n) is 7.73. The molecule has 2 N–H and O–H groups in total. The van der Waals surface area contributed by atoms with Crippen molar-refractivity contribution in [2.24, 2.45) is 0 Å². The Labute approximate surface area is 144 Å². The molecule has 0 fully saturated rings. The van der Waals surface area contributed by atoms with Crippen molar-refractivity contribution >= 4 is 33.6 Å². The van der Waals surface area contributed by atoms with E-state index in [0.29, 0.717) is 11.2 Å². The van der Waals surface area contributed by atoms with E-state index in [2.05, 4.69) is 27.0 Å². The number of anilines is 1. The first-order chi connectivity index (χ1) is 12.1. The Morgan fingerprint density at radius 2 is 1.88 bits per heavy atom. The van der Waals surface area contributed by atoms with Crippen molar-refractivity contribution < 1.29 is 9.53 Å². The van der Waals surface area contributed by atoms with Crippen LogP contribution in [0.15, 0.2) is 60.8 Å². The maximum atomic E-state index is 11.4. The molecule has 126 valence electrons. The van der Waals surface area contributed by atoms with Crippen molar-refractivity contribution in [1.82, 2.24) is 14.8 Å². The van der Waals surface area contributed by atoms with Gasteiger partial charge in [-0.15, -0.1) is 0 Å². The molecule has 0 aliphatic carbocycles. The number of nitrogens with two attached hydrogens (primary N) is 1. The summed E-state index contributed by atoms with van der Waals surface area (Å²) in [5.41, 5.74) is 8.82. The fraction of sp³-hybridized carbons (Fsp3) is 0.105. The van der Waals surface area contributed by atoms with Gasteiger partial charge in [0.05, 0.1) is 23.8 Å². The van der Waals surface area contributed by atoms with E-state index < -0.39 is 6.09 Å². The molecule has 0 aliphatic heterocycles. The maximum Gasteiger partial charge on any atom is 0.434 e. The molecule has 4 rings (SSSR count). The molecule has 0 aliphatic rings. The Morgan fingerprint density at radius 1 is 1.12 bits per heavy atom. The second-order valence-electron chi connectivity index (χ2n) is 5.44. The number of fused-ring (bicyclic) bond motifs is 2. The van der Waals surface area contributed by atoms with Gasteiger partial charge in [0.2, 0.25) is 0 Å². The first kappa shape index (κ1) is 16.4. The van der Waals surface area contributed by atoms with E-state index in [9.17, 15) is 4.79 Å². The lowest BCUT2D eigenvalue weighted by molar-refractivity contribution is 0.170. The SMILES string of the molecule is COC(=O)n1nc(C)c2cc(N)ccc21.c1ccc2ncccc2c1. The van der Waals surface area contributed by atoms with E-state index in [4.69, 9.17) is 5.73 Å². The van der Waals surface area contributed by atoms with Crippen LogP contribution in [0.1, 0.15) is 5.69 Å². The van der Waals surface area contributed by atoms with Crippen LogP contribution in [0.4, 0.5) is 10.5 Å². The van der Waals surface area contributed by atoms with Crippen LogP contribution in [0.5, 0.6) is 0 Å². The topological polar surface area (TPSA) is 83.0 Å². The number of ether oxygens (including phenoxy) is 1. The molecule has 0 bridgehead atoms.